The number of fused-ring (bicyclic) bond motifs is 2. The Morgan fingerprint density at radius 2 is 2.08 bits per heavy atom. The predicted octanol–water partition coefficient (Wildman–Crippen LogP) is 3.37. The van der Waals surface area contributed by atoms with Crippen molar-refractivity contribution in [1.29, 1.82) is 0 Å². The van der Waals surface area contributed by atoms with Crippen molar-refractivity contribution in [3.63, 3.8) is 0 Å². The van der Waals surface area contributed by atoms with Gasteiger partial charge < -0.3 is 14.8 Å². The van der Waals surface area contributed by atoms with Gasteiger partial charge in [0.05, 0.1) is 30.8 Å². The zero-order valence-corrected chi connectivity index (χ0v) is 23.1. The van der Waals surface area contributed by atoms with Crippen LogP contribution in [0.25, 0.3) is 11.3 Å². The molecule has 3 aliphatic heterocycles. The first-order valence-corrected chi connectivity index (χ1v) is 14.0. The standard InChI is InChI=1S/C26H26FN9O2S.ClH/c27-19-11-15(20-13-36(33-32-20)16-3-5-28-6-4-16)10-17-18(19)12-35(25(17)38)23(24(37)31-26-29-7-9-39-26)22-21-2-1-8-34(21)14-30-22;/h7,9-11,13-14,16,23,28H,1-6,8,12H2,(H,29,31,37);1H. The number of nitrogens with one attached hydrogen (secondary N) is 2. The SMILES string of the molecule is Cl.O=C(Nc1nccs1)C(c1ncn2c1CCC2)N1Cc2c(F)cc(-c3cn(C4CCNCC4)nn3)cc2C1=O. The number of amides is 2. The summed E-state index contributed by atoms with van der Waals surface area (Å²) in [5, 5.41) is 16.9. The van der Waals surface area contributed by atoms with E-state index >= 15 is 4.39 Å². The molecule has 1 atom stereocenters. The molecule has 1 saturated heterocycles. The molecule has 7 rings (SSSR count). The number of hydrogen-bond donors (Lipinski definition) is 2. The van der Waals surface area contributed by atoms with Crippen LogP contribution in [-0.2, 0) is 24.3 Å². The zero-order chi connectivity index (χ0) is 26.5. The second kappa shape index (κ2) is 10.7. The quantitative estimate of drug-likeness (QED) is 0.357. The second-order valence-corrected chi connectivity index (χ2v) is 11.0. The fraction of sp³-hybridized carbons (Fsp3) is 0.385. The topological polar surface area (TPSA) is 123 Å². The highest BCUT2D eigenvalue weighted by Gasteiger charge is 2.42. The molecule has 11 nitrogen and oxygen atoms in total. The number of imidazole rings is 1. The first-order valence-electron chi connectivity index (χ1n) is 13.1. The van der Waals surface area contributed by atoms with Crippen LogP contribution >= 0.6 is 23.7 Å². The number of hydrogen-bond acceptors (Lipinski definition) is 8. The fourth-order valence-electron chi connectivity index (χ4n) is 5.81. The van der Waals surface area contributed by atoms with Gasteiger partial charge in [-0.2, -0.15) is 0 Å². The summed E-state index contributed by atoms with van der Waals surface area (Å²) in [4.78, 5) is 37.5. The lowest BCUT2D eigenvalue weighted by molar-refractivity contribution is -0.121. The zero-order valence-electron chi connectivity index (χ0n) is 21.4. The lowest BCUT2D eigenvalue weighted by atomic mass is 10.0. The third-order valence-electron chi connectivity index (χ3n) is 7.78. The summed E-state index contributed by atoms with van der Waals surface area (Å²) >= 11 is 1.29. The number of carbonyl (C=O) groups excluding carboxylic acids is 2. The molecule has 1 fully saturated rings. The van der Waals surface area contributed by atoms with E-state index in [9.17, 15) is 9.59 Å². The minimum atomic E-state index is -1.02. The van der Waals surface area contributed by atoms with Crippen molar-refractivity contribution >= 4 is 40.7 Å². The lowest BCUT2D eigenvalue weighted by Crippen LogP contribution is -2.38. The molecular weight excluding hydrogens is 557 g/mol. The van der Waals surface area contributed by atoms with Crippen molar-refractivity contribution in [3.05, 3.63) is 64.6 Å². The van der Waals surface area contributed by atoms with Gasteiger partial charge in [0.2, 0.25) is 0 Å². The average Bonchev–Trinajstić information content (AvgIpc) is 3.77. The van der Waals surface area contributed by atoms with Gasteiger partial charge in [0.15, 0.2) is 11.2 Å². The molecule has 0 bridgehead atoms. The van der Waals surface area contributed by atoms with Crippen LogP contribution in [-0.4, -0.2) is 59.3 Å². The van der Waals surface area contributed by atoms with Crippen LogP contribution in [0.15, 0.2) is 36.2 Å². The van der Waals surface area contributed by atoms with Gasteiger partial charge in [0.1, 0.15) is 11.5 Å². The van der Waals surface area contributed by atoms with E-state index in [1.54, 1.807) is 24.0 Å². The van der Waals surface area contributed by atoms with Crippen molar-refractivity contribution in [2.75, 3.05) is 18.4 Å². The van der Waals surface area contributed by atoms with Crippen LogP contribution in [0.3, 0.4) is 0 Å². The number of anilines is 1. The first kappa shape index (κ1) is 26.5. The Morgan fingerprint density at radius 1 is 1.23 bits per heavy atom. The maximum atomic E-state index is 15.5. The Morgan fingerprint density at radius 3 is 2.88 bits per heavy atom. The van der Waals surface area contributed by atoms with Gasteiger partial charge in [0.25, 0.3) is 11.8 Å². The maximum Gasteiger partial charge on any atom is 0.255 e. The van der Waals surface area contributed by atoms with E-state index in [1.165, 1.54) is 22.3 Å². The third-order valence-corrected chi connectivity index (χ3v) is 8.47. The Balaban J connectivity index is 0.00000289. The number of aryl methyl sites for hydroxylation is 1. The molecule has 3 aliphatic rings. The highest BCUT2D eigenvalue weighted by atomic mass is 35.5. The number of nitrogens with zero attached hydrogens (tertiary/aromatic N) is 7. The van der Waals surface area contributed by atoms with Crippen molar-refractivity contribution in [2.24, 2.45) is 0 Å². The van der Waals surface area contributed by atoms with Crippen LogP contribution in [0.5, 0.6) is 0 Å². The summed E-state index contributed by atoms with van der Waals surface area (Å²) in [6.45, 7) is 2.60. The monoisotopic (exact) mass is 583 g/mol. The van der Waals surface area contributed by atoms with E-state index in [2.05, 4.69) is 30.9 Å². The van der Waals surface area contributed by atoms with E-state index in [4.69, 9.17) is 0 Å². The molecule has 1 unspecified atom stereocenters. The van der Waals surface area contributed by atoms with E-state index in [1.807, 2.05) is 15.4 Å². The minimum Gasteiger partial charge on any atom is -0.334 e. The molecular formula is C26H27ClFN9O2S. The normalized spacial score (nSPS) is 17.4. The van der Waals surface area contributed by atoms with Crippen molar-refractivity contribution in [2.45, 2.75) is 50.9 Å². The smallest absolute Gasteiger partial charge is 0.255 e. The lowest BCUT2D eigenvalue weighted by Gasteiger charge is -2.26. The van der Waals surface area contributed by atoms with Gasteiger partial charge in [0, 0.05) is 40.5 Å². The van der Waals surface area contributed by atoms with Crippen LogP contribution in [0.1, 0.15) is 58.7 Å². The molecule has 6 heterocycles. The van der Waals surface area contributed by atoms with Gasteiger partial charge in [-0.05, 0) is 50.9 Å². The number of rotatable bonds is 6. The van der Waals surface area contributed by atoms with Gasteiger partial charge >= 0.3 is 0 Å². The Kier molecular flexibility index (Phi) is 7.11. The summed E-state index contributed by atoms with van der Waals surface area (Å²) in [6.07, 6.45) is 8.70. The molecule has 40 heavy (non-hydrogen) atoms. The third kappa shape index (κ3) is 4.57. The van der Waals surface area contributed by atoms with Crippen molar-refractivity contribution in [1.82, 2.24) is 39.7 Å². The highest BCUT2D eigenvalue weighted by molar-refractivity contribution is 7.13. The number of halogens is 2. The van der Waals surface area contributed by atoms with Crippen molar-refractivity contribution in [3.8, 4) is 11.3 Å². The van der Waals surface area contributed by atoms with Crippen LogP contribution in [0.2, 0.25) is 0 Å². The molecule has 2 N–H and O–H groups in total. The highest BCUT2D eigenvalue weighted by Crippen LogP contribution is 2.37. The van der Waals surface area contributed by atoms with Crippen LogP contribution in [0, 0.1) is 5.82 Å². The summed E-state index contributed by atoms with van der Waals surface area (Å²) in [6, 6.07) is 2.26. The number of benzene rings is 1. The second-order valence-electron chi connectivity index (χ2n) is 10.1. The largest absolute Gasteiger partial charge is 0.334 e. The Bertz CT molecular complexity index is 1560. The van der Waals surface area contributed by atoms with Gasteiger partial charge in [-0.1, -0.05) is 5.21 Å². The number of aromatic nitrogens is 6. The molecule has 0 radical (unpaired) electrons. The Hall–Kier alpha value is -3.68. The summed E-state index contributed by atoms with van der Waals surface area (Å²) in [7, 11) is 0. The number of carbonyl (C=O) groups is 2. The van der Waals surface area contributed by atoms with Crippen molar-refractivity contribution < 1.29 is 14.0 Å². The van der Waals surface area contributed by atoms with Crippen LogP contribution < -0.4 is 10.6 Å². The molecule has 2 amide bonds. The van der Waals surface area contributed by atoms with Crippen LogP contribution in [0.4, 0.5) is 9.52 Å². The maximum absolute atomic E-state index is 15.5. The number of piperidine rings is 1. The molecule has 0 aliphatic carbocycles. The Labute approximate surface area is 239 Å². The molecule has 4 aromatic rings. The molecule has 208 valence electrons. The van der Waals surface area contributed by atoms with E-state index in [0.717, 1.165) is 51.0 Å². The first-order chi connectivity index (χ1) is 19.1. The summed E-state index contributed by atoms with van der Waals surface area (Å²) < 4.78 is 19.3. The molecule has 1 aromatic carbocycles. The molecule has 14 heteroatoms. The van der Waals surface area contributed by atoms with E-state index in [0.29, 0.717) is 22.1 Å². The van der Waals surface area contributed by atoms with Gasteiger partial charge in [-0.25, -0.2) is 19.0 Å². The molecule has 0 spiro atoms. The van der Waals surface area contributed by atoms with E-state index in [-0.39, 0.29) is 36.1 Å². The molecule has 0 saturated carbocycles. The fourth-order valence-corrected chi connectivity index (χ4v) is 6.34. The number of thiazole rings is 1. The summed E-state index contributed by atoms with van der Waals surface area (Å²) in [5.74, 6) is -1.36. The minimum absolute atomic E-state index is 0. The van der Waals surface area contributed by atoms with Gasteiger partial charge in [-0.3, -0.25) is 14.9 Å². The molecule has 3 aromatic heterocycles. The van der Waals surface area contributed by atoms with E-state index < -0.39 is 23.7 Å². The average molecular weight is 584 g/mol. The van der Waals surface area contributed by atoms with Gasteiger partial charge in [-0.15, -0.1) is 28.8 Å². The predicted molar refractivity (Wildman–Crippen MR) is 148 cm³/mol. The summed E-state index contributed by atoms with van der Waals surface area (Å²) in [5.41, 5.74) is 2.92.